The summed E-state index contributed by atoms with van der Waals surface area (Å²) in [6.07, 6.45) is 1.46. The predicted octanol–water partition coefficient (Wildman–Crippen LogP) is 5.02. The lowest BCUT2D eigenvalue weighted by molar-refractivity contribution is 0.103. The Bertz CT molecular complexity index is 1290. The highest BCUT2D eigenvalue weighted by molar-refractivity contribution is 7.90. The summed E-state index contributed by atoms with van der Waals surface area (Å²) >= 11 is 5.92. The van der Waals surface area contributed by atoms with Crippen LogP contribution in [0, 0.1) is 6.92 Å². The first-order valence-electron chi connectivity index (χ1n) is 9.13. The van der Waals surface area contributed by atoms with Crippen molar-refractivity contribution in [2.75, 3.05) is 5.32 Å². The molecule has 0 fully saturated rings. The first-order chi connectivity index (χ1) is 14.3. The van der Waals surface area contributed by atoms with Gasteiger partial charge in [-0.3, -0.25) is 4.79 Å². The number of hydrogen-bond acceptors (Lipinski definition) is 4. The summed E-state index contributed by atoms with van der Waals surface area (Å²) in [7, 11) is -3.95. The Morgan fingerprint density at radius 2 is 1.50 bits per heavy atom. The van der Waals surface area contributed by atoms with Gasteiger partial charge in [0.1, 0.15) is 0 Å². The van der Waals surface area contributed by atoms with Crippen LogP contribution in [0.3, 0.4) is 0 Å². The number of aryl methyl sites for hydroxylation is 1. The zero-order valence-corrected chi connectivity index (χ0v) is 17.5. The molecule has 0 heterocycles. The normalized spacial score (nSPS) is 14.9. The van der Waals surface area contributed by atoms with Crippen molar-refractivity contribution in [1.29, 1.82) is 0 Å². The minimum Gasteiger partial charge on any atom is -0.352 e. The molecule has 0 unspecified atom stereocenters. The zero-order valence-electron chi connectivity index (χ0n) is 16.0. The number of anilines is 1. The first-order valence-corrected chi connectivity index (χ1v) is 11.0. The summed E-state index contributed by atoms with van der Waals surface area (Å²) in [5.74, 6) is -0.243. The predicted molar refractivity (Wildman–Crippen MR) is 119 cm³/mol. The zero-order chi connectivity index (χ0) is 21.3. The number of sulfonamides is 1. The van der Waals surface area contributed by atoms with E-state index >= 15 is 0 Å². The summed E-state index contributed by atoms with van der Waals surface area (Å²) in [6.45, 7) is 1.88. The molecule has 0 aliphatic heterocycles. The maximum Gasteiger partial charge on any atom is 0.282 e. The molecule has 4 rings (SSSR count). The van der Waals surface area contributed by atoms with E-state index in [4.69, 9.17) is 11.6 Å². The maximum atomic E-state index is 12.9. The van der Waals surface area contributed by atoms with E-state index in [0.29, 0.717) is 21.8 Å². The molecular formula is C23H17ClN2O3S. The van der Waals surface area contributed by atoms with E-state index in [-0.39, 0.29) is 22.1 Å². The van der Waals surface area contributed by atoms with Crippen molar-refractivity contribution in [2.24, 2.45) is 4.40 Å². The van der Waals surface area contributed by atoms with E-state index in [0.717, 1.165) is 5.56 Å². The Hall–Kier alpha value is -3.22. The molecule has 1 N–H and O–H groups in total. The Balaban J connectivity index is 1.80. The molecule has 0 atom stereocenters. The molecule has 0 amide bonds. The van der Waals surface area contributed by atoms with Crippen LogP contribution < -0.4 is 5.32 Å². The molecule has 5 nitrogen and oxygen atoms in total. The van der Waals surface area contributed by atoms with Gasteiger partial charge < -0.3 is 5.32 Å². The Morgan fingerprint density at radius 1 is 0.867 bits per heavy atom. The summed E-state index contributed by atoms with van der Waals surface area (Å²) < 4.78 is 29.8. The van der Waals surface area contributed by atoms with Crippen LogP contribution in [0.25, 0.3) is 0 Å². The largest absolute Gasteiger partial charge is 0.352 e. The van der Waals surface area contributed by atoms with Gasteiger partial charge in [-0.05, 0) is 49.4 Å². The molecule has 30 heavy (non-hydrogen) atoms. The van der Waals surface area contributed by atoms with Crippen molar-refractivity contribution in [2.45, 2.75) is 11.8 Å². The number of halogens is 1. The molecule has 0 aromatic heterocycles. The van der Waals surface area contributed by atoms with Crippen LogP contribution in [0.4, 0.5) is 5.69 Å². The number of nitrogens with zero attached hydrogens (tertiary/aromatic N) is 1. The Labute approximate surface area is 179 Å². The number of rotatable bonds is 4. The number of carbonyl (C=O) groups is 1. The van der Waals surface area contributed by atoms with E-state index in [1.807, 2.05) is 6.92 Å². The fraction of sp³-hybridized carbons (Fsp3) is 0.0435. The molecule has 0 saturated carbocycles. The van der Waals surface area contributed by atoms with Gasteiger partial charge in [-0.25, -0.2) is 0 Å². The van der Waals surface area contributed by atoms with Gasteiger partial charge in [-0.15, -0.1) is 0 Å². The number of nitrogens with one attached hydrogen (secondary N) is 1. The summed E-state index contributed by atoms with van der Waals surface area (Å²) in [6, 6.07) is 20.1. The van der Waals surface area contributed by atoms with Crippen LogP contribution in [-0.4, -0.2) is 19.9 Å². The number of allylic oxidation sites excluding steroid dienone is 2. The molecule has 1 aliphatic carbocycles. The standard InChI is InChI=1S/C23H17ClN2O3S/c1-15-6-12-18(13-7-15)30(28,29)26-21-14-22(25-17-10-8-16(24)9-11-17)23(27)20-5-3-2-4-19(20)21/h2-14,25H,1H3/b26-21+. The van der Waals surface area contributed by atoms with Crippen LogP contribution in [0.15, 0.2) is 93.9 Å². The average Bonchev–Trinajstić information content (AvgIpc) is 2.73. The third-order valence-electron chi connectivity index (χ3n) is 4.63. The monoisotopic (exact) mass is 436 g/mol. The summed E-state index contributed by atoms with van der Waals surface area (Å²) in [5, 5.41) is 3.61. The minimum absolute atomic E-state index is 0.0931. The number of ketones is 1. The molecule has 0 spiro atoms. The van der Waals surface area contributed by atoms with E-state index in [2.05, 4.69) is 9.71 Å². The lowest BCUT2D eigenvalue weighted by atomic mass is 9.92. The third kappa shape index (κ3) is 4.06. The van der Waals surface area contributed by atoms with Crippen molar-refractivity contribution in [3.8, 4) is 0 Å². The quantitative estimate of drug-likeness (QED) is 0.623. The average molecular weight is 437 g/mol. The number of Topliss-reactive ketones (excluding diaryl/α,β-unsaturated/α-hetero) is 1. The second-order valence-corrected chi connectivity index (χ2v) is 8.87. The van der Waals surface area contributed by atoms with Gasteiger partial charge in [-0.2, -0.15) is 12.8 Å². The number of carbonyl (C=O) groups excluding carboxylic acids is 1. The van der Waals surface area contributed by atoms with Crippen molar-refractivity contribution < 1.29 is 13.2 Å². The molecule has 0 bridgehead atoms. The fourth-order valence-corrected chi connectivity index (χ4v) is 4.20. The van der Waals surface area contributed by atoms with Crippen molar-refractivity contribution in [1.82, 2.24) is 0 Å². The fourth-order valence-electron chi connectivity index (χ4n) is 3.08. The molecular weight excluding hydrogens is 420 g/mol. The lowest BCUT2D eigenvalue weighted by Gasteiger charge is -2.18. The number of fused-ring (bicyclic) bond motifs is 1. The van der Waals surface area contributed by atoms with E-state index in [9.17, 15) is 13.2 Å². The highest BCUT2D eigenvalue weighted by Crippen LogP contribution is 2.25. The van der Waals surface area contributed by atoms with Gasteiger partial charge in [-0.1, -0.05) is 53.6 Å². The van der Waals surface area contributed by atoms with Crippen molar-refractivity contribution in [3.05, 3.63) is 106 Å². The van der Waals surface area contributed by atoms with Crippen molar-refractivity contribution in [3.63, 3.8) is 0 Å². The Kier molecular flexibility index (Phi) is 5.28. The molecule has 1 aliphatic rings. The molecule has 3 aromatic rings. The second kappa shape index (κ2) is 7.89. The first kappa shape index (κ1) is 20.1. The number of hydrogen-bond donors (Lipinski definition) is 1. The van der Waals surface area contributed by atoms with Gasteiger partial charge in [0.25, 0.3) is 10.0 Å². The molecule has 3 aromatic carbocycles. The summed E-state index contributed by atoms with van der Waals surface area (Å²) in [5.41, 5.74) is 2.88. The minimum atomic E-state index is -3.95. The van der Waals surface area contributed by atoms with Gasteiger partial charge in [0.15, 0.2) is 0 Å². The van der Waals surface area contributed by atoms with Gasteiger partial charge in [0.2, 0.25) is 5.78 Å². The molecule has 7 heteroatoms. The lowest BCUT2D eigenvalue weighted by Crippen LogP contribution is -2.22. The number of benzene rings is 3. The smallest absolute Gasteiger partial charge is 0.282 e. The highest BCUT2D eigenvalue weighted by atomic mass is 35.5. The van der Waals surface area contributed by atoms with Gasteiger partial charge >= 0.3 is 0 Å². The van der Waals surface area contributed by atoms with Crippen LogP contribution in [0.1, 0.15) is 21.5 Å². The molecule has 0 saturated heterocycles. The van der Waals surface area contributed by atoms with Crippen LogP contribution in [0.5, 0.6) is 0 Å². The Morgan fingerprint density at radius 3 is 2.17 bits per heavy atom. The van der Waals surface area contributed by atoms with Crippen LogP contribution in [-0.2, 0) is 10.0 Å². The molecule has 150 valence electrons. The highest BCUT2D eigenvalue weighted by Gasteiger charge is 2.26. The molecule has 0 radical (unpaired) electrons. The maximum absolute atomic E-state index is 12.9. The van der Waals surface area contributed by atoms with E-state index in [1.165, 1.54) is 18.2 Å². The third-order valence-corrected chi connectivity index (χ3v) is 6.19. The van der Waals surface area contributed by atoms with Crippen molar-refractivity contribution >= 4 is 38.8 Å². The summed E-state index contributed by atoms with van der Waals surface area (Å²) in [4.78, 5) is 13.0. The van der Waals surface area contributed by atoms with E-state index < -0.39 is 10.0 Å². The van der Waals surface area contributed by atoms with Gasteiger partial charge in [0, 0.05) is 21.8 Å². The topological polar surface area (TPSA) is 75.6 Å². The van der Waals surface area contributed by atoms with Crippen LogP contribution in [0.2, 0.25) is 5.02 Å². The second-order valence-electron chi connectivity index (χ2n) is 6.83. The SMILES string of the molecule is Cc1ccc(S(=O)(=O)/N=C2\C=C(Nc3ccc(Cl)cc3)C(=O)c3ccccc32)cc1. The van der Waals surface area contributed by atoms with Crippen LogP contribution >= 0.6 is 11.6 Å². The van der Waals surface area contributed by atoms with E-state index in [1.54, 1.807) is 60.7 Å². The van der Waals surface area contributed by atoms with Gasteiger partial charge in [0.05, 0.1) is 16.3 Å².